The zero-order valence-corrected chi connectivity index (χ0v) is 12.4. The van der Waals surface area contributed by atoms with Crippen LogP contribution in [0, 0.1) is 6.92 Å². The van der Waals surface area contributed by atoms with E-state index in [-0.39, 0.29) is 5.92 Å². The minimum absolute atomic E-state index is 0.255. The lowest BCUT2D eigenvalue weighted by molar-refractivity contribution is 0.464. The molecule has 0 radical (unpaired) electrons. The van der Waals surface area contributed by atoms with E-state index >= 15 is 0 Å². The molecule has 0 aliphatic rings. The Morgan fingerprint density at radius 1 is 1.19 bits per heavy atom. The number of nitrogens with zero attached hydrogens (tertiary/aromatic N) is 1. The largest absolute Gasteiger partial charge is 0.508 e. The van der Waals surface area contributed by atoms with Crippen molar-refractivity contribution in [3.8, 4) is 17.0 Å². The summed E-state index contributed by atoms with van der Waals surface area (Å²) in [5.41, 5.74) is 11.3. The Kier molecular flexibility index (Phi) is 3.09. The summed E-state index contributed by atoms with van der Waals surface area (Å²) < 4.78 is 0. The maximum absolute atomic E-state index is 10.1. The minimum Gasteiger partial charge on any atom is -0.508 e. The number of aromatic amines is 1. The fourth-order valence-corrected chi connectivity index (χ4v) is 2.67. The van der Waals surface area contributed by atoms with Crippen LogP contribution in [0.15, 0.2) is 30.3 Å². The zero-order chi connectivity index (χ0) is 15.1. The SMILES string of the molecule is Cc1cc(O)c(C(C)C)cc1-c1n[nH]c2cc(N)ccc12. The molecule has 0 saturated carbocycles. The molecular formula is C17H19N3O. The van der Waals surface area contributed by atoms with Gasteiger partial charge in [0.05, 0.1) is 5.52 Å². The van der Waals surface area contributed by atoms with Gasteiger partial charge >= 0.3 is 0 Å². The third kappa shape index (κ3) is 2.23. The van der Waals surface area contributed by atoms with Gasteiger partial charge in [-0.15, -0.1) is 0 Å². The second-order valence-electron chi connectivity index (χ2n) is 5.76. The Labute approximate surface area is 123 Å². The quantitative estimate of drug-likeness (QED) is 0.623. The second kappa shape index (κ2) is 4.81. The summed E-state index contributed by atoms with van der Waals surface area (Å²) in [4.78, 5) is 0. The van der Waals surface area contributed by atoms with Crippen molar-refractivity contribution in [2.24, 2.45) is 0 Å². The molecule has 0 aliphatic carbocycles. The summed E-state index contributed by atoms with van der Waals surface area (Å²) in [6, 6.07) is 9.57. The number of fused-ring (bicyclic) bond motifs is 1. The number of aromatic hydroxyl groups is 1. The fourth-order valence-electron chi connectivity index (χ4n) is 2.67. The number of nitrogen functional groups attached to an aromatic ring is 1. The summed E-state index contributed by atoms with van der Waals surface area (Å²) in [5, 5.41) is 18.6. The molecular weight excluding hydrogens is 262 g/mol. The number of aromatic nitrogens is 2. The first kappa shape index (κ1) is 13.5. The Morgan fingerprint density at radius 3 is 2.67 bits per heavy atom. The molecule has 4 heteroatoms. The molecule has 4 N–H and O–H groups in total. The number of aryl methyl sites for hydroxylation is 1. The van der Waals surface area contributed by atoms with Crippen molar-refractivity contribution in [3.05, 3.63) is 41.5 Å². The molecule has 3 aromatic rings. The van der Waals surface area contributed by atoms with Crippen molar-refractivity contribution < 1.29 is 5.11 Å². The van der Waals surface area contributed by atoms with Crippen LogP contribution >= 0.6 is 0 Å². The Balaban J connectivity index is 2.25. The maximum atomic E-state index is 10.1. The average Bonchev–Trinajstić information content (AvgIpc) is 2.81. The molecule has 0 saturated heterocycles. The summed E-state index contributed by atoms with van der Waals surface area (Å²) >= 11 is 0. The van der Waals surface area contributed by atoms with Crippen LogP contribution in [-0.4, -0.2) is 15.3 Å². The van der Waals surface area contributed by atoms with Gasteiger partial charge in [-0.3, -0.25) is 5.10 Å². The molecule has 21 heavy (non-hydrogen) atoms. The van der Waals surface area contributed by atoms with Crippen LogP contribution in [0.3, 0.4) is 0 Å². The number of H-pyrrole nitrogens is 1. The molecule has 3 rings (SSSR count). The van der Waals surface area contributed by atoms with Crippen LogP contribution in [0.4, 0.5) is 5.69 Å². The molecule has 108 valence electrons. The van der Waals surface area contributed by atoms with Gasteiger partial charge in [0.2, 0.25) is 0 Å². The highest BCUT2D eigenvalue weighted by Gasteiger charge is 2.15. The van der Waals surface area contributed by atoms with Gasteiger partial charge in [0.25, 0.3) is 0 Å². The molecule has 0 atom stereocenters. The molecule has 4 nitrogen and oxygen atoms in total. The zero-order valence-electron chi connectivity index (χ0n) is 12.4. The first-order chi connectivity index (χ1) is 9.97. The van der Waals surface area contributed by atoms with Gasteiger partial charge in [0.15, 0.2) is 0 Å². The van der Waals surface area contributed by atoms with E-state index in [4.69, 9.17) is 5.73 Å². The normalized spacial score (nSPS) is 11.4. The summed E-state index contributed by atoms with van der Waals surface area (Å²) in [7, 11) is 0. The number of nitrogens with two attached hydrogens (primary N) is 1. The number of anilines is 1. The number of rotatable bonds is 2. The third-order valence-corrected chi connectivity index (χ3v) is 3.84. The van der Waals surface area contributed by atoms with Crippen LogP contribution < -0.4 is 5.73 Å². The molecule has 0 unspecified atom stereocenters. The average molecular weight is 281 g/mol. The van der Waals surface area contributed by atoms with Gasteiger partial charge < -0.3 is 10.8 Å². The van der Waals surface area contributed by atoms with E-state index in [0.717, 1.165) is 33.3 Å². The van der Waals surface area contributed by atoms with Crippen LogP contribution in [0.25, 0.3) is 22.2 Å². The van der Waals surface area contributed by atoms with Crippen molar-refractivity contribution >= 4 is 16.6 Å². The van der Waals surface area contributed by atoms with Crippen molar-refractivity contribution in [1.82, 2.24) is 10.2 Å². The highest BCUT2D eigenvalue weighted by molar-refractivity contribution is 5.95. The number of phenols is 1. The minimum atomic E-state index is 0.255. The predicted octanol–water partition coefficient (Wildman–Crippen LogP) is 3.95. The maximum Gasteiger partial charge on any atom is 0.119 e. The van der Waals surface area contributed by atoms with Gasteiger partial charge in [-0.2, -0.15) is 5.10 Å². The van der Waals surface area contributed by atoms with E-state index in [1.54, 1.807) is 0 Å². The second-order valence-corrected chi connectivity index (χ2v) is 5.76. The lowest BCUT2D eigenvalue weighted by atomic mass is 9.94. The molecule has 0 aliphatic heterocycles. The molecule has 1 heterocycles. The first-order valence-corrected chi connectivity index (χ1v) is 7.05. The number of hydrogen-bond acceptors (Lipinski definition) is 3. The van der Waals surface area contributed by atoms with Crippen LogP contribution in [0.2, 0.25) is 0 Å². The van der Waals surface area contributed by atoms with E-state index in [0.29, 0.717) is 11.4 Å². The summed E-state index contributed by atoms with van der Waals surface area (Å²) in [5.74, 6) is 0.598. The number of benzene rings is 2. The van der Waals surface area contributed by atoms with Crippen LogP contribution in [0.1, 0.15) is 30.9 Å². The topological polar surface area (TPSA) is 74.9 Å². The van der Waals surface area contributed by atoms with E-state index < -0.39 is 0 Å². The number of phenolic OH excluding ortho intramolecular Hbond substituents is 1. The van der Waals surface area contributed by atoms with Gasteiger partial charge in [-0.05, 0) is 54.3 Å². The van der Waals surface area contributed by atoms with Crippen molar-refractivity contribution in [1.29, 1.82) is 0 Å². The van der Waals surface area contributed by atoms with E-state index in [2.05, 4.69) is 24.0 Å². The highest BCUT2D eigenvalue weighted by atomic mass is 16.3. The van der Waals surface area contributed by atoms with Crippen molar-refractivity contribution in [3.63, 3.8) is 0 Å². The van der Waals surface area contributed by atoms with Crippen LogP contribution in [-0.2, 0) is 0 Å². The van der Waals surface area contributed by atoms with E-state index in [1.807, 2.05) is 37.3 Å². The molecule has 1 aromatic heterocycles. The van der Waals surface area contributed by atoms with Gasteiger partial charge in [0.1, 0.15) is 11.4 Å². The number of hydrogen-bond donors (Lipinski definition) is 3. The highest BCUT2D eigenvalue weighted by Crippen LogP contribution is 2.35. The Bertz CT molecular complexity index is 818. The molecule has 0 fully saturated rings. The van der Waals surface area contributed by atoms with E-state index in [9.17, 15) is 5.11 Å². The monoisotopic (exact) mass is 281 g/mol. The Morgan fingerprint density at radius 2 is 1.95 bits per heavy atom. The smallest absolute Gasteiger partial charge is 0.119 e. The van der Waals surface area contributed by atoms with Gasteiger partial charge in [-0.1, -0.05) is 13.8 Å². The molecule has 2 aromatic carbocycles. The third-order valence-electron chi connectivity index (χ3n) is 3.84. The Hall–Kier alpha value is -2.49. The first-order valence-electron chi connectivity index (χ1n) is 7.05. The van der Waals surface area contributed by atoms with Crippen molar-refractivity contribution in [2.75, 3.05) is 5.73 Å². The lowest BCUT2D eigenvalue weighted by Crippen LogP contribution is -1.93. The molecule has 0 bridgehead atoms. The lowest BCUT2D eigenvalue weighted by Gasteiger charge is -2.12. The standard InChI is InChI=1S/C17H19N3O/c1-9(2)13-8-14(10(3)6-16(13)21)17-12-5-4-11(18)7-15(12)19-20-17/h4-9,21H,18H2,1-3H3,(H,19,20). The van der Waals surface area contributed by atoms with E-state index in [1.165, 1.54) is 0 Å². The van der Waals surface area contributed by atoms with Crippen molar-refractivity contribution in [2.45, 2.75) is 26.7 Å². The predicted molar refractivity (Wildman–Crippen MR) is 86.4 cm³/mol. The number of nitrogens with one attached hydrogen (secondary N) is 1. The molecule has 0 spiro atoms. The van der Waals surface area contributed by atoms with Crippen LogP contribution in [0.5, 0.6) is 5.75 Å². The van der Waals surface area contributed by atoms with Gasteiger partial charge in [0, 0.05) is 16.6 Å². The summed E-state index contributed by atoms with van der Waals surface area (Å²) in [6.07, 6.45) is 0. The van der Waals surface area contributed by atoms with Gasteiger partial charge in [-0.25, -0.2) is 0 Å². The fraction of sp³-hybridized carbons (Fsp3) is 0.235. The molecule has 0 amide bonds. The summed E-state index contributed by atoms with van der Waals surface area (Å²) in [6.45, 7) is 6.12.